The summed E-state index contributed by atoms with van der Waals surface area (Å²) in [5, 5.41) is 3.73. The highest BCUT2D eigenvalue weighted by Crippen LogP contribution is 2.29. The van der Waals surface area contributed by atoms with Crippen LogP contribution in [0.5, 0.6) is 5.75 Å². The summed E-state index contributed by atoms with van der Waals surface area (Å²) in [5.41, 5.74) is 1.75. The first-order valence-electron chi connectivity index (χ1n) is 7.05. The lowest BCUT2D eigenvalue weighted by molar-refractivity contribution is 0.227. The summed E-state index contributed by atoms with van der Waals surface area (Å²) in [7, 11) is 1.70. The Morgan fingerprint density at radius 2 is 1.58 bits per heavy atom. The summed E-state index contributed by atoms with van der Waals surface area (Å²) in [6, 6.07) is 8.63. The number of nitrogens with one attached hydrogen (secondary N) is 1. The van der Waals surface area contributed by atoms with E-state index in [1.54, 1.807) is 7.11 Å². The molecule has 1 aromatic rings. The molecule has 0 saturated carbocycles. The fourth-order valence-electron chi connectivity index (χ4n) is 2.94. The molecule has 1 unspecified atom stereocenters. The highest BCUT2D eigenvalue weighted by atomic mass is 16.5. The van der Waals surface area contributed by atoms with Crippen molar-refractivity contribution >= 4 is 0 Å². The second-order valence-electron chi connectivity index (χ2n) is 7.26. The van der Waals surface area contributed by atoms with Gasteiger partial charge >= 0.3 is 0 Å². The van der Waals surface area contributed by atoms with Crippen molar-refractivity contribution < 1.29 is 4.74 Å². The largest absolute Gasteiger partial charge is 0.497 e. The van der Waals surface area contributed by atoms with Gasteiger partial charge in [-0.15, -0.1) is 0 Å². The van der Waals surface area contributed by atoms with Gasteiger partial charge in [0.15, 0.2) is 0 Å². The van der Waals surface area contributed by atoms with Crippen molar-refractivity contribution in [2.24, 2.45) is 5.41 Å². The Morgan fingerprint density at radius 1 is 1.05 bits per heavy atom. The maximum Gasteiger partial charge on any atom is 0.118 e. The normalized spacial score (nSPS) is 14.3. The minimum absolute atomic E-state index is 0.123. The van der Waals surface area contributed by atoms with Gasteiger partial charge in [-0.2, -0.15) is 0 Å². The smallest absolute Gasteiger partial charge is 0.118 e. The molecule has 0 fully saturated rings. The predicted octanol–water partition coefficient (Wildman–Crippen LogP) is 4.56. The van der Waals surface area contributed by atoms with E-state index in [-0.39, 0.29) is 5.54 Å². The Morgan fingerprint density at radius 3 is 2.00 bits per heavy atom. The third-order valence-electron chi connectivity index (χ3n) is 3.20. The van der Waals surface area contributed by atoms with Gasteiger partial charge in [-0.1, -0.05) is 32.9 Å². The monoisotopic (exact) mass is 263 g/mol. The van der Waals surface area contributed by atoms with Gasteiger partial charge in [0, 0.05) is 11.6 Å². The fourth-order valence-corrected chi connectivity index (χ4v) is 2.94. The molecule has 1 atom stereocenters. The van der Waals surface area contributed by atoms with Crippen LogP contribution in [0.15, 0.2) is 24.3 Å². The maximum atomic E-state index is 5.20. The minimum Gasteiger partial charge on any atom is -0.497 e. The topological polar surface area (TPSA) is 21.3 Å². The summed E-state index contributed by atoms with van der Waals surface area (Å²) >= 11 is 0. The zero-order chi connectivity index (χ0) is 14.7. The molecule has 1 aromatic carbocycles. The number of ether oxygens (including phenoxy) is 1. The number of rotatable bonds is 5. The van der Waals surface area contributed by atoms with Gasteiger partial charge in [0.05, 0.1) is 7.11 Å². The van der Waals surface area contributed by atoms with Crippen LogP contribution in [0, 0.1) is 5.41 Å². The number of benzene rings is 1. The molecule has 0 aliphatic rings. The SMILES string of the molecule is COc1ccc(C(C)NC(C)(C)CC(C)(C)C)cc1. The van der Waals surface area contributed by atoms with E-state index >= 15 is 0 Å². The zero-order valence-electron chi connectivity index (χ0n) is 13.5. The van der Waals surface area contributed by atoms with E-state index in [0.29, 0.717) is 11.5 Å². The van der Waals surface area contributed by atoms with Gasteiger partial charge in [-0.25, -0.2) is 0 Å². The van der Waals surface area contributed by atoms with Crippen molar-refractivity contribution in [1.82, 2.24) is 5.32 Å². The van der Waals surface area contributed by atoms with E-state index in [2.05, 4.69) is 59.0 Å². The molecule has 108 valence electrons. The lowest BCUT2D eigenvalue weighted by atomic mass is 9.81. The number of methoxy groups -OCH3 is 1. The molecule has 0 saturated heterocycles. The second kappa shape index (κ2) is 5.96. The molecular weight excluding hydrogens is 234 g/mol. The summed E-state index contributed by atoms with van der Waals surface area (Å²) in [6.07, 6.45) is 1.14. The zero-order valence-corrected chi connectivity index (χ0v) is 13.5. The summed E-state index contributed by atoms with van der Waals surface area (Å²) < 4.78 is 5.20. The quantitative estimate of drug-likeness (QED) is 0.840. The van der Waals surface area contributed by atoms with Crippen LogP contribution in [0.4, 0.5) is 0 Å². The first kappa shape index (κ1) is 16.0. The molecule has 1 N–H and O–H groups in total. The van der Waals surface area contributed by atoms with Crippen molar-refractivity contribution in [2.75, 3.05) is 7.11 Å². The van der Waals surface area contributed by atoms with Crippen molar-refractivity contribution in [1.29, 1.82) is 0 Å². The van der Waals surface area contributed by atoms with E-state index in [4.69, 9.17) is 4.74 Å². The maximum absolute atomic E-state index is 5.20. The van der Waals surface area contributed by atoms with E-state index in [0.717, 1.165) is 12.2 Å². The van der Waals surface area contributed by atoms with Crippen LogP contribution in [0.3, 0.4) is 0 Å². The van der Waals surface area contributed by atoms with Crippen LogP contribution in [0.2, 0.25) is 0 Å². The standard InChI is InChI=1S/C17H29NO/c1-13(14-8-10-15(19-7)11-9-14)18-17(5,6)12-16(2,3)4/h8-11,13,18H,12H2,1-7H3. The molecule has 19 heavy (non-hydrogen) atoms. The van der Waals surface area contributed by atoms with Crippen LogP contribution in [-0.4, -0.2) is 12.6 Å². The van der Waals surface area contributed by atoms with Gasteiger partial charge in [-0.3, -0.25) is 0 Å². The fraction of sp³-hybridized carbons (Fsp3) is 0.647. The molecule has 2 heteroatoms. The molecule has 0 amide bonds. The van der Waals surface area contributed by atoms with Crippen molar-refractivity contribution in [3.05, 3.63) is 29.8 Å². The first-order chi connectivity index (χ1) is 8.63. The van der Waals surface area contributed by atoms with Crippen molar-refractivity contribution in [3.8, 4) is 5.75 Å². The Labute approximate surface area is 118 Å². The first-order valence-corrected chi connectivity index (χ1v) is 7.05. The van der Waals surface area contributed by atoms with Crippen LogP contribution < -0.4 is 10.1 Å². The van der Waals surface area contributed by atoms with Crippen LogP contribution in [0.25, 0.3) is 0 Å². The molecule has 0 bridgehead atoms. The average molecular weight is 263 g/mol. The summed E-state index contributed by atoms with van der Waals surface area (Å²) in [6.45, 7) is 13.6. The number of hydrogen-bond donors (Lipinski definition) is 1. The molecule has 0 aromatic heterocycles. The predicted molar refractivity (Wildman–Crippen MR) is 82.7 cm³/mol. The highest BCUT2D eigenvalue weighted by Gasteiger charge is 2.26. The second-order valence-corrected chi connectivity index (χ2v) is 7.26. The van der Waals surface area contributed by atoms with Crippen molar-refractivity contribution in [2.45, 2.75) is 59.5 Å². The minimum atomic E-state index is 0.123. The third-order valence-corrected chi connectivity index (χ3v) is 3.20. The molecule has 2 nitrogen and oxygen atoms in total. The summed E-state index contributed by atoms with van der Waals surface area (Å²) in [4.78, 5) is 0. The lowest BCUT2D eigenvalue weighted by Gasteiger charge is -2.36. The van der Waals surface area contributed by atoms with Gasteiger partial charge < -0.3 is 10.1 Å². The average Bonchev–Trinajstić information content (AvgIpc) is 2.25. The van der Waals surface area contributed by atoms with Crippen LogP contribution >= 0.6 is 0 Å². The Bertz CT molecular complexity index is 387. The summed E-state index contributed by atoms with van der Waals surface area (Å²) in [5.74, 6) is 0.907. The van der Waals surface area contributed by atoms with E-state index in [1.807, 2.05) is 12.1 Å². The van der Waals surface area contributed by atoms with E-state index in [1.165, 1.54) is 5.56 Å². The van der Waals surface area contributed by atoms with E-state index < -0.39 is 0 Å². The Kier molecular flexibility index (Phi) is 5.03. The van der Waals surface area contributed by atoms with Crippen molar-refractivity contribution in [3.63, 3.8) is 0 Å². The van der Waals surface area contributed by atoms with E-state index in [9.17, 15) is 0 Å². The number of hydrogen-bond acceptors (Lipinski definition) is 2. The molecule has 0 aliphatic carbocycles. The molecule has 0 heterocycles. The third kappa shape index (κ3) is 5.65. The Hall–Kier alpha value is -1.02. The molecule has 0 spiro atoms. The van der Waals surface area contributed by atoms with Gasteiger partial charge in [-0.05, 0) is 50.3 Å². The van der Waals surface area contributed by atoms with Gasteiger partial charge in [0.25, 0.3) is 0 Å². The van der Waals surface area contributed by atoms with Gasteiger partial charge in [0.1, 0.15) is 5.75 Å². The highest BCUT2D eigenvalue weighted by molar-refractivity contribution is 5.29. The molecule has 0 radical (unpaired) electrons. The Balaban J connectivity index is 2.69. The van der Waals surface area contributed by atoms with Crippen LogP contribution in [0.1, 0.15) is 59.6 Å². The van der Waals surface area contributed by atoms with Gasteiger partial charge in [0.2, 0.25) is 0 Å². The van der Waals surface area contributed by atoms with Crippen LogP contribution in [-0.2, 0) is 0 Å². The molecule has 0 aliphatic heterocycles. The molecular formula is C17H29NO. The lowest BCUT2D eigenvalue weighted by Crippen LogP contribution is -2.43. The molecule has 1 rings (SSSR count).